The first-order chi connectivity index (χ1) is 10.6. The summed E-state index contributed by atoms with van der Waals surface area (Å²) in [7, 11) is -2.22. The maximum Gasteiger partial charge on any atom is 0.235 e. The molecule has 122 valence electrons. The second-order valence-corrected chi connectivity index (χ2v) is 10.3. The highest BCUT2D eigenvalue weighted by Crippen LogP contribution is 2.62. The Morgan fingerprint density at radius 1 is 0.818 bits per heavy atom. The van der Waals surface area contributed by atoms with Gasteiger partial charge in [-0.2, -0.15) is 0 Å². The van der Waals surface area contributed by atoms with Crippen molar-refractivity contribution < 1.29 is 14.2 Å². The first-order valence-electron chi connectivity index (χ1n) is 8.36. The van der Waals surface area contributed by atoms with Gasteiger partial charge in [-0.1, -0.05) is 6.92 Å². The van der Waals surface area contributed by atoms with Crippen LogP contribution in [0, 0.1) is 0 Å². The lowest BCUT2D eigenvalue weighted by molar-refractivity contribution is 0.405. The van der Waals surface area contributed by atoms with Gasteiger partial charge in [0.05, 0.1) is 19.2 Å². The molecule has 0 aliphatic heterocycles. The summed E-state index contributed by atoms with van der Waals surface area (Å²) in [6.07, 6.45) is 11.1. The SMILES string of the molecule is CCP(=O)(C1CCC(N=C=O)CC1)C1CCC(N=C=O)CC1. The third-order valence-corrected chi connectivity index (χ3v) is 10.0. The van der Waals surface area contributed by atoms with Gasteiger partial charge >= 0.3 is 0 Å². The topological polar surface area (TPSA) is 75.9 Å². The quantitative estimate of drug-likeness (QED) is 0.440. The Bertz CT molecular complexity index is 465. The number of aliphatic imine (C=N–C) groups is 2. The Labute approximate surface area is 132 Å². The van der Waals surface area contributed by atoms with E-state index in [1.807, 2.05) is 6.92 Å². The summed E-state index contributed by atoms with van der Waals surface area (Å²) in [6.45, 7) is 2.05. The predicted molar refractivity (Wildman–Crippen MR) is 86.5 cm³/mol. The van der Waals surface area contributed by atoms with Crippen LogP contribution in [-0.2, 0) is 14.2 Å². The predicted octanol–water partition coefficient (Wildman–Crippen LogP) is 3.66. The number of isocyanates is 2. The molecule has 6 heteroatoms. The minimum absolute atomic E-state index is 0.0803. The zero-order valence-electron chi connectivity index (χ0n) is 13.2. The van der Waals surface area contributed by atoms with E-state index >= 15 is 0 Å². The van der Waals surface area contributed by atoms with Crippen molar-refractivity contribution in [2.75, 3.05) is 6.16 Å². The molecular weight excluding hydrogens is 299 g/mol. The van der Waals surface area contributed by atoms with Crippen LogP contribution in [0.2, 0.25) is 0 Å². The molecule has 0 aromatic rings. The smallest absolute Gasteiger partial charge is 0.235 e. The number of rotatable bonds is 5. The maximum atomic E-state index is 13.6. The van der Waals surface area contributed by atoms with Crippen LogP contribution >= 0.6 is 7.14 Å². The van der Waals surface area contributed by atoms with Crippen LogP contribution in [0.1, 0.15) is 58.3 Å². The molecule has 2 aliphatic rings. The lowest BCUT2D eigenvalue weighted by Gasteiger charge is -2.39. The highest BCUT2D eigenvalue weighted by Gasteiger charge is 2.41. The minimum atomic E-state index is -2.22. The standard InChI is InChI=1S/C16H25N2O3P/c1-2-22(21,15-7-3-13(4-8-15)17-11-19)16-9-5-14(6-10-16)18-12-20/h13-16H,2-10H2,1H3. The normalized spacial score (nSPS) is 34.8. The van der Waals surface area contributed by atoms with Gasteiger partial charge in [0.2, 0.25) is 12.2 Å². The molecule has 0 amide bonds. The van der Waals surface area contributed by atoms with Crippen LogP contribution in [0.25, 0.3) is 0 Å². The van der Waals surface area contributed by atoms with Gasteiger partial charge < -0.3 is 4.57 Å². The maximum absolute atomic E-state index is 13.6. The van der Waals surface area contributed by atoms with Gasteiger partial charge in [0.1, 0.15) is 0 Å². The Morgan fingerprint density at radius 2 is 1.18 bits per heavy atom. The van der Waals surface area contributed by atoms with Gasteiger partial charge in [-0.25, -0.2) is 19.6 Å². The van der Waals surface area contributed by atoms with Crippen molar-refractivity contribution in [2.45, 2.75) is 81.7 Å². The summed E-state index contributed by atoms with van der Waals surface area (Å²) < 4.78 is 13.6. The van der Waals surface area contributed by atoms with Gasteiger partial charge in [-0.15, -0.1) is 0 Å². The van der Waals surface area contributed by atoms with Gasteiger partial charge in [0, 0.05) is 11.3 Å². The van der Waals surface area contributed by atoms with Crippen molar-refractivity contribution in [3.05, 3.63) is 0 Å². The Balaban J connectivity index is 1.99. The van der Waals surface area contributed by atoms with E-state index in [2.05, 4.69) is 9.98 Å². The summed E-state index contributed by atoms with van der Waals surface area (Å²) in [4.78, 5) is 28.4. The van der Waals surface area contributed by atoms with Crippen molar-refractivity contribution in [3.63, 3.8) is 0 Å². The third kappa shape index (κ3) is 3.84. The minimum Gasteiger partial charge on any atom is -0.323 e. The number of nitrogens with zero attached hydrogens (tertiary/aromatic N) is 2. The molecule has 0 saturated heterocycles. The van der Waals surface area contributed by atoms with Gasteiger partial charge in [0.25, 0.3) is 0 Å². The number of hydrogen-bond donors (Lipinski definition) is 0. The molecule has 0 N–H and O–H groups in total. The van der Waals surface area contributed by atoms with Crippen LogP contribution < -0.4 is 0 Å². The second-order valence-electron chi connectivity index (χ2n) is 6.54. The van der Waals surface area contributed by atoms with E-state index < -0.39 is 7.14 Å². The Kier molecular flexibility index (Phi) is 6.32. The lowest BCUT2D eigenvalue weighted by atomic mass is 9.95. The number of hydrogen-bond acceptors (Lipinski definition) is 5. The van der Waals surface area contributed by atoms with Crippen molar-refractivity contribution in [3.8, 4) is 0 Å². The molecule has 2 saturated carbocycles. The molecule has 0 bridgehead atoms. The zero-order valence-corrected chi connectivity index (χ0v) is 14.1. The van der Waals surface area contributed by atoms with E-state index in [0.717, 1.165) is 57.5 Å². The van der Waals surface area contributed by atoms with E-state index in [-0.39, 0.29) is 23.4 Å². The summed E-state index contributed by atoms with van der Waals surface area (Å²) in [5.74, 6) is 0. The van der Waals surface area contributed by atoms with E-state index in [9.17, 15) is 14.2 Å². The van der Waals surface area contributed by atoms with Gasteiger partial charge in [-0.05, 0) is 57.5 Å². The molecule has 0 aromatic heterocycles. The molecule has 0 unspecified atom stereocenters. The summed E-state index contributed by atoms with van der Waals surface area (Å²) in [6, 6.07) is 0.161. The zero-order chi connectivity index (χ0) is 16.0. The lowest BCUT2D eigenvalue weighted by Crippen LogP contribution is -2.30. The molecule has 2 rings (SSSR count). The van der Waals surface area contributed by atoms with E-state index in [1.165, 1.54) is 0 Å². The van der Waals surface area contributed by atoms with Gasteiger partial charge in [-0.3, -0.25) is 0 Å². The van der Waals surface area contributed by atoms with Crippen LogP contribution in [0.4, 0.5) is 0 Å². The molecule has 5 nitrogen and oxygen atoms in total. The van der Waals surface area contributed by atoms with Crippen molar-refractivity contribution in [1.29, 1.82) is 0 Å². The molecule has 0 radical (unpaired) electrons. The van der Waals surface area contributed by atoms with E-state index in [0.29, 0.717) is 0 Å². The molecule has 0 aromatic carbocycles. The second kappa shape index (κ2) is 8.02. The molecule has 2 aliphatic carbocycles. The first kappa shape index (κ1) is 17.3. The summed E-state index contributed by atoms with van der Waals surface area (Å²) >= 11 is 0. The molecule has 0 atom stereocenters. The van der Waals surface area contributed by atoms with Crippen LogP contribution in [-0.4, -0.2) is 41.7 Å². The van der Waals surface area contributed by atoms with Crippen molar-refractivity contribution in [2.24, 2.45) is 9.98 Å². The Morgan fingerprint density at radius 3 is 1.45 bits per heavy atom. The molecule has 0 heterocycles. The average molecular weight is 324 g/mol. The molecule has 2 fully saturated rings. The number of carbonyl (C=O) groups excluding carboxylic acids is 2. The molecule has 0 spiro atoms. The Hall–Kier alpha value is -1.01. The fourth-order valence-electron chi connectivity index (χ4n) is 4.21. The highest BCUT2D eigenvalue weighted by molar-refractivity contribution is 7.65. The monoisotopic (exact) mass is 324 g/mol. The average Bonchev–Trinajstić information content (AvgIpc) is 2.56. The first-order valence-corrected chi connectivity index (χ1v) is 10.4. The third-order valence-electron chi connectivity index (χ3n) is 5.53. The molecule has 22 heavy (non-hydrogen) atoms. The van der Waals surface area contributed by atoms with Crippen LogP contribution in [0.3, 0.4) is 0 Å². The fourth-order valence-corrected chi connectivity index (χ4v) is 8.19. The van der Waals surface area contributed by atoms with Crippen molar-refractivity contribution >= 4 is 19.3 Å². The fraction of sp³-hybridized carbons (Fsp3) is 0.875. The van der Waals surface area contributed by atoms with Crippen LogP contribution in [0.5, 0.6) is 0 Å². The van der Waals surface area contributed by atoms with E-state index in [4.69, 9.17) is 0 Å². The summed E-state index contributed by atoms with van der Waals surface area (Å²) in [5.41, 5.74) is 0.568. The van der Waals surface area contributed by atoms with E-state index in [1.54, 1.807) is 12.2 Å². The molecular formula is C16H25N2O3P. The van der Waals surface area contributed by atoms with Gasteiger partial charge in [0.15, 0.2) is 0 Å². The summed E-state index contributed by atoms with van der Waals surface area (Å²) in [5, 5.41) is 0. The highest BCUT2D eigenvalue weighted by atomic mass is 31.2. The van der Waals surface area contributed by atoms with Crippen LogP contribution in [0.15, 0.2) is 9.98 Å². The van der Waals surface area contributed by atoms with Crippen molar-refractivity contribution in [1.82, 2.24) is 0 Å². The largest absolute Gasteiger partial charge is 0.323 e.